The van der Waals surface area contributed by atoms with E-state index in [2.05, 4.69) is 20.5 Å². The van der Waals surface area contributed by atoms with E-state index in [0.717, 1.165) is 29.5 Å². The van der Waals surface area contributed by atoms with Gasteiger partial charge in [-0.25, -0.2) is 0 Å². The number of nitrogens with one attached hydrogen (secondary N) is 1. The number of nitrogens with zero attached hydrogens (tertiary/aromatic N) is 4. The smallest absolute Gasteiger partial charge is 0.325 e. The number of anilines is 1. The van der Waals surface area contributed by atoms with Gasteiger partial charge in [0, 0.05) is 29.5 Å². The first kappa shape index (κ1) is 22.1. The van der Waals surface area contributed by atoms with Gasteiger partial charge in [-0.05, 0) is 44.2 Å². The fraction of sp³-hybridized carbons (Fsp3) is 0.263. The van der Waals surface area contributed by atoms with Crippen LogP contribution in [0.4, 0.5) is 18.9 Å². The summed E-state index contributed by atoms with van der Waals surface area (Å²) < 4.78 is 41.6. The summed E-state index contributed by atoms with van der Waals surface area (Å²) >= 11 is 6.79. The Bertz CT molecular complexity index is 1040. The minimum atomic E-state index is -4.65. The van der Waals surface area contributed by atoms with Crippen LogP contribution in [0.15, 0.2) is 47.9 Å². The number of carbonyl (C=O) groups is 1. The predicted octanol–water partition coefficient (Wildman–Crippen LogP) is 5.15. The van der Waals surface area contributed by atoms with E-state index >= 15 is 0 Å². The molecule has 1 unspecified atom stereocenters. The molecule has 0 aliphatic carbocycles. The van der Waals surface area contributed by atoms with Gasteiger partial charge in [-0.1, -0.05) is 23.4 Å². The molecule has 158 valence electrons. The van der Waals surface area contributed by atoms with Gasteiger partial charge in [-0.3, -0.25) is 9.78 Å². The molecule has 1 atom stereocenters. The van der Waals surface area contributed by atoms with Gasteiger partial charge < -0.3 is 9.88 Å². The molecule has 3 aromatic rings. The number of halogens is 4. The van der Waals surface area contributed by atoms with Gasteiger partial charge in [0.25, 0.3) is 0 Å². The summed E-state index contributed by atoms with van der Waals surface area (Å²) in [6, 6.07) is 6.79. The quantitative estimate of drug-likeness (QED) is 0.520. The molecule has 0 saturated carbocycles. The standard InChI is InChI=1S/C19H17ClF3N5OS/c1-3-28-16(12-6-8-24-9-7-12)26-27-18(28)30-11(2)17(29)25-15-5-4-13(20)10-14(15)19(21,22)23/h4-11H,3H2,1-2H3,(H,25,29). The lowest BCUT2D eigenvalue weighted by molar-refractivity contribution is -0.137. The van der Waals surface area contributed by atoms with Crippen molar-refractivity contribution >= 4 is 35.0 Å². The zero-order valence-corrected chi connectivity index (χ0v) is 17.5. The summed E-state index contributed by atoms with van der Waals surface area (Å²) in [5.74, 6) is 0.0241. The summed E-state index contributed by atoms with van der Waals surface area (Å²) in [4.78, 5) is 16.5. The van der Waals surface area contributed by atoms with Crippen molar-refractivity contribution in [2.24, 2.45) is 0 Å². The van der Waals surface area contributed by atoms with Crippen LogP contribution in [0.3, 0.4) is 0 Å². The molecule has 1 aromatic carbocycles. The van der Waals surface area contributed by atoms with Crippen molar-refractivity contribution in [3.8, 4) is 11.4 Å². The highest BCUT2D eigenvalue weighted by Gasteiger charge is 2.34. The maximum atomic E-state index is 13.2. The van der Waals surface area contributed by atoms with Gasteiger partial charge in [-0.15, -0.1) is 10.2 Å². The van der Waals surface area contributed by atoms with Crippen molar-refractivity contribution in [3.05, 3.63) is 53.3 Å². The number of alkyl halides is 3. The highest BCUT2D eigenvalue weighted by atomic mass is 35.5. The van der Waals surface area contributed by atoms with Crippen LogP contribution in [-0.4, -0.2) is 30.9 Å². The van der Waals surface area contributed by atoms with Gasteiger partial charge >= 0.3 is 6.18 Å². The average molecular weight is 456 g/mol. The molecule has 0 saturated heterocycles. The van der Waals surface area contributed by atoms with E-state index in [4.69, 9.17) is 11.6 Å². The largest absolute Gasteiger partial charge is 0.418 e. The number of benzene rings is 1. The van der Waals surface area contributed by atoms with Crippen LogP contribution in [0.5, 0.6) is 0 Å². The molecule has 0 aliphatic heterocycles. The van der Waals surface area contributed by atoms with Crippen molar-refractivity contribution in [1.82, 2.24) is 19.7 Å². The number of hydrogen-bond acceptors (Lipinski definition) is 5. The van der Waals surface area contributed by atoms with Crippen LogP contribution in [0.1, 0.15) is 19.4 Å². The van der Waals surface area contributed by atoms with E-state index in [1.54, 1.807) is 31.5 Å². The van der Waals surface area contributed by atoms with Crippen LogP contribution >= 0.6 is 23.4 Å². The summed E-state index contributed by atoms with van der Waals surface area (Å²) in [5.41, 5.74) is -0.532. The second-order valence-corrected chi connectivity index (χ2v) is 7.97. The first-order valence-corrected chi connectivity index (χ1v) is 10.1. The Kier molecular flexibility index (Phi) is 6.67. The van der Waals surface area contributed by atoms with E-state index in [-0.39, 0.29) is 10.7 Å². The summed E-state index contributed by atoms with van der Waals surface area (Å²) in [6.07, 6.45) is -1.37. The third kappa shape index (κ3) is 4.93. The lowest BCUT2D eigenvalue weighted by Crippen LogP contribution is -2.24. The molecule has 11 heteroatoms. The summed E-state index contributed by atoms with van der Waals surface area (Å²) in [5, 5.41) is 10.4. The molecule has 1 amide bonds. The number of carbonyl (C=O) groups excluding carboxylic acids is 1. The third-order valence-electron chi connectivity index (χ3n) is 4.17. The van der Waals surface area contributed by atoms with Crippen LogP contribution in [0.2, 0.25) is 5.02 Å². The first-order valence-electron chi connectivity index (χ1n) is 8.88. The van der Waals surface area contributed by atoms with Gasteiger partial charge in [0.05, 0.1) is 16.5 Å². The monoisotopic (exact) mass is 455 g/mol. The van der Waals surface area contributed by atoms with Crippen molar-refractivity contribution in [2.45, 2.75) is 37.0 Å². The Morgan fingerprint density at radius 1 is 1.23 bits per heavy atom. The highest BCUT2D eigenvalue weighted by molar-refractivity contribution is 8.00. The van der Waals surface area contributed by atoms with Crippen LogP contribution in [-0.2, 0) is 17.5 Å². The van der Waals surface area contributed by atoms with E-state index in [9.17, 15) is 18.0 Å². The number of amides is 1. The maximum Gasteiger partial charge on any atom is 0.418 e. The molecule has 3 rings (SSSR count). The molecule has 0 spiro atoms. The Morgan fingerprint density at radius 2 is 1.93 bits per heavy atom. The molecule has 1 N–H and O–H groups in total. The Morgan fingerprint density at radius 3 is 2.57 bits per heavy atom. The zero-order valence-electron chi connectivity index (χ0n) is 15.9. The highest BCUT2D eigenvalue weighted by Crippen LogP contribution is 2.37. The second kappa shape index (κ2) is 9.05. The summed E-state index contributed by atoms with van der Waals surface area (Å²) in [7, 11) is 0. The van der Waals surface area contributed by atoms with E-state index in [0.29, 0.717) is 17.5 Å². The first-order chi connectivity index (χ1) is 14.2. The van der Waals surface area contributed by atoms with Crippen LogP contribution in [0, 0.1) is 0 Å². The number of pyridine rings is 1. The van der Waals surface area contributed by atoms with E-state index in [1.165, 1.54) is 6.07 Å². The molecular weight excluding hydrogens is 439 g/mol. The van der Waals surface area contributed by atoms with Crippen LogP contribution < -0.4 is 5.32 Å². The van der Waals surface area contributed by atoms with Gasteiger partial charge in [-0.2, -0.15) is 13.2 Å². The van der Waals surface area contributed by atoms with Crippen molar-refractivity contribution in [3.63, 3.8) is 0 Å². The molecular formula is C19H17ClF3N5OS. The molecule has 2 aromatic heterocycles. The lowest BCUT2D eigenvalue weighted by Gasteiger charge is -2.16. The number of hydrogen-bond donors (Lipinski definition) is 1. The van der Waals surface area contributed by atoms with Crippen molar-refractivity contribution in [1.29, 1.82) is 0 Å². The van der Waals surface area contributed by atoms with Crippen molar-refractivity contribution in [2.75, 3.05) is 5.32 Å². The lowest BCUT2D eigenvalue weighted by atomic mass is 10.1. The second-order valence-electron chi connectivity index (χ2n) is 6.22. The van der Waals surface area contributed by atoms with Gasteiger partial charge in [0.2, 0.25) is 5.91 Å². The topological polar surface area (TPSA) is 72.7 Å². The van der Waals surface area contributed by atoms with Crippen molar-refractivity contribution < 1.29 is 18.0 Å². The Balaban J connectivity index is 1.79. The minimum absolute atomic E-state index is 0.0672. The average Bonchev–Trinajstić information content (AvgIpc) is 3.11. The number of rotatable bonds is 6. The predicted molar refractivity (Wildman–Crippen MR) is 109 cm³/mol. The third-order valence-corrected chi connectivity index (χ3v) is 5.48. The number of aromatic nitrogens is 4. The SMILES string of the molecule is CCn1c(SC(C)C(=O)Nc2ccc(Cl)cc2C(F)(F)F)nnc1-c1ccncc1. The Hall–Kier alpha value is -2.59. The molecule has 2 heterocycles. The molecule has 6 nitrogen and oxygen atoms in total. The van der Waals surface area contributed by atoms with E-state index < -0.39 is 22.9 Å². The maximum absolute atomic E-state index is 13.2. The molecule has 30 heavy (non-hydrogen) atoms. The molecule has 0 aliphatic rings. The summed E-state index contributed by atoms with van der Waals surface area (Å²) in [6.45, 7) is 4.05. The normalized spacial score (nSPS) is 12.6. The minimum Gasteiger partial charge on any atom is -0.325 e. The fourth-order valence-corrected chi connectivity index (χ4v) is 3.77. The molecule has 0 bridgehead atoms. The number of thioether (sulfide) groups is 1. The van der Waals surface area contributed by atoms with Crippen LogP contribution in [0.25, 0.3) is 11.4 Å². The zero-order chi connectivity index (χ0) is 21.9. The van der Waals surface area contributed by atoms with Gasteiger partial charge in [0.15, 0.2) is 11.0 Å². The Labute approximate surface area is 179 Å². The molecule has 0 radical (unpaired) electrons. The fourth-order valence-electron chi connectivity index (χ4n) is 2.68. The molecule has 0 fully saturated rings. The van der Waals surface area contributed by atoms with E-state index in [1.807, 2.05) is 11.5 Å². The van der Waals surface area contributed by atoms with Gasteiger partial charge in [0.1, 0.15) is 0 Å².